The molecule has 0 amide bonds. The highest BCUT2D eigenvalue weighted by Crippen LogP contribution is 2.60. The fraction of sp³-hybridized carbons (Fsp3) is 0.253. The van der Waals surface area contributed by atoms with Gasteiger partial charge < -0.3 is 0 Å². The van der Waals surface area contributed by atoms with Gasteiger partial charge in [-0.15, -0.1) is 0 Å². The number of benzene rings is 11. The Morgan fingerprint density at radius 3 is 0.988 bits per heavy atom. The van der Waals surface area contributed by atoms with Crippen molar-refractivity contribution in [2.45, 2.75) is 137 Å². The van der Waals surface area contributed by atoms with Gasteiger partial charge in [0.25, 0.3) is 0 Å². The molecule has 0 aromatic heterocycles. The lowest BCUT2D eigenvalue weighted by Gasteiger charge is -2.27. The second-order valence-electron chi connectivity index (χ2n) is 24.0. The third-order valence-corrected chi connectivity index (χ3v) is 17.7. The molecule has 2 spiro atoms. The molecule has 4 aliphatic rings. The molecule has 15 rings (SSSR count). The Labute approximate surface area is 498 Å². The molecule has 0 N–H and O–H groups in total. The molecule has 0 heterocycles. The lowest BCUT2D eigenvalue weighted by molar-refractivity contribution is 0.550. The van der Waals surface area contributed by atoms with Crippen LogP contribution in [-0.2, 0) is 17.3 Å². The molecule has 0 unspecified atom stereocenters. The van der Waals surface area contributed by atoms with Gasteiger partial charge in [-0.1, -0.05) is 330 Å². The van der Waals surface area contributed by atoms with Crippen LogP contribution in [0.25, 0.3) is 66.1 Å². The molecular weight excluding hydrogens is 997 g/mol. The predicted octanol–water partition coefficient (Wildman–Crippen LogP) is 23.7. The van der Waals surface area contributed by atoms with Crippen LogP contribution in [0.1, 0.15) is 141 Å². The maximum absolute atomic E-state index is 2.45. The molecule has 11 aromatic carbocycles. The second-order valence-corrected chi connectivity index (χ2v) is 24.0. The maximum atomic E-state index is 2.45. The van der Waals surface area contributed by atoms with E-state index in [0.717, 1.165) is 0 Å². The summed E-state index contributed by atoms with van der Waals surface area (Å²) in [5.41, 5.74) is 26.1. The van der Waals surface area contributed by atoms with E-state index in [9.17, 15) is 0 Å². The second kappa shape index (κ2) is 26.9. The minimum Gasteiger partial charge on any atom is -0.0656 e. The summed E-state index contributed by atoms with van der Waals surface area (Å²) in [5, 5.41) is 5.58. The SMILES string of the molecule is CCC.CCCc1ccccc1.Cc1ccc(-c2ccc(-c3ccc(C)cc3)cc2)cc1.Cc1ccc2c(c1)C1(CCCC1)c1ccc3ccccc3c1-2.Cc1ccc2c(c1)C1(CCCC1)c1ccc3ccccc3c1-2.Cc1ccccc1. The fourth-order valence-electron chi connectivity index (χ4n) is 13.6. The first-order valence-corrected chi connectivity index (χ1v) is 31.1. The van der Waals surface area contributed by atoms with E-state index in [2.05, 4.69) is 280 Å². The summed E-state index contributed by atoms with van der Waals surface area (Å²) in [4.78, 5) is 0. The van der Waals surface area contributed by atoms with Crippen LogP contribution in [0.4, 0.5) is 0 Å². The molecule has 0 aliphatic heterocycles. The Hall–Kier alpha value is -8.06. The summed E-state index contributed by atoms with van der Waals surface area (Å²) in [6.07, 6.45) is 14.4. The van der Waals surface area contributed by atoms with Gasteiger partial charge in [-0.2, -0.15) is 0 Å². The van der Waals surface area contributed by atoms with E-state index in [0.29, 0.717) is 10.8 Å². The van der Waals surface area contributed by atoms with Crippen molar-refractivity contribution in [3.63, 3.8) is 0 Å². The molecule has 2 saturated carbocycles. The molecule has 83 heavy (non-hydrogen) atoms. The van der Waals surface area contributed by atoms with Crippen LogP contribution in [0, 0.1) is 34.6 Å². The number of aryl methyl sites for hydroxylation is 6. The highest BCUT2D eigenvalue weighted by molar-refractivity contribution is 6.04. The summed E-state index contributed by atoms with van der Waals surface area (Å²) in [6.45, 7) is 17.2. The van der Waals surface area contributed by atoms with Crippen molar-refractivity contribution in [1.82, 2.24) is 0 Å². The first-order chi connectivity index (χ1) is 40.5. The van der Waals surface area contributed by atoms with Crippen molar-refractivity contribution >= 4 is 21.5 Å². The monoisotopic (exact) mass is 1080 g/mol. The van der Waals surface area contributed by atoms with Crippen LogP contribution in [0.15, 0.2) is 243 Å². The van der Waals surface area contributed by atoms with E-state index in [-0.39, 0.29) is 0 Å². The van der Waals surface area contributed by atoms with Crippen LogP contribution in [0.2, 0.25) is 0 Å². The molecule has 2 fully saturated rings. The topological polar surface area (TPSA) is 0 Å². The van der Waals surface area contributed by atoms with Crippen LogP contribution in [-0.4, -0.2) is 0 Å². The van der Waals surface area contributed by atoms with Gasteiger partial charge in [-0.25, -0.2) is 0 Å². The Morgan fingerprint density at radius 2 is 0.627 bits per heavy atom. The molecule has 0 radical (unpaired) electrons. The summed E-state index contributed by atoms with van der Waals surface area (Å²) >= 11 is 0. The van der Waals surface area contributed by atoms with Gasteiger partial charge in [0.2, 0.25) is 0 Å². The maximum Gasteiger partial charge on any atom is 0.0215 e. The van der Waals surface area contributed by atoms with Crippen molar-refractivity contribution in [1.29, 1.82) is 0 Å². The van der Waals surface area contributed by atoms with Crippen LogP contribution in [0.3, 0.4) is 0 Å². The standard InChI is InChI=1S/2C22H20.C20H18.C9H12.C7H8.C3H8/c2*1-15-8-10-18-20(14-15)22(12-4-5-13-22)19-11-9-16-6-2-3-7-17(16)21(18)19;1-15-3-7-17(8-4-15)19-11-13-20(14-12-19)18-9-5-16(2)6-10-18;1-2-6-9-7-4-3-5-8-9;1-7-5-3-2-4-6-7;1-3-2/h2*2-3,6-11,14H,4-5,12-13H2,1H3;3-14H,1-2H3;3-5,7-8H,2,6H2,1H3;2-6H,1H3;3H2,1-2H3. The van der Waals surface area contributed by atoms with Gasteiger partial charge in [-0.3, -0.25) is 0 Å². The average molecular weight is 1080 g/mol. The predicted molar refractivity (Wildman–Crippen MR) is 361 cm³/mol. The van der Waals surface area contributed by atoms with Crippen molar-refractivity contribution in [3.8, 4) is 44.5 Å². The van der Waals surface area contributed by atoms with Gasteiger partial charge in [-0.05, 0) is 161 Å². The third kappa shape index (κ3) is 12.8. The lowest BCUT2D eigenvalue weighted by atomic mass is 9.76. The molecule has 418 valence electrons. The zero-order valence-corrected chi connectivity index (χ0v) is 50.9. The summed E-state index contributed by atoms with van der Waals surface area (Å²) in [7, 11) is 0. The molecular formula is C83H86. The fourth-order valence-corrected chi connectivity index (χ4v) is 13.6. The quantitative estimate of drug-likeness (QED) is 0.165. The number of rotatable bonds is 4. The highest BCUT2D eigenvalue weighted by atomic mass is 14.5. The van der Waals surface area contributed by atoms with Gasteiger partial charge in [0, 0.05) is 10.8 Å². The summed E-state index contributed by atoms with van der Waals surface area (Å²) in [5.74, 6) is 0. The van der Waals surface area contributed by atoms with Crippen molar-refractivity contribution in [2.24, 2.45) is 0 Å². The Morgan fingerprint density at radius 1 is 0.301 bits per heavy atom. The average Bonchev–Trinajstić information content (AvgIpc) is 2.17. The largest absolute Gasteiger partial charge is 0.0656 e. The normalized spacial score (nSPS) is 14.0. The number of fused-ring (bicyclic) bond motifs is 14. The van der Waals surface area contributed by atoms with Crippen molar-refractivity contribution in [2.75, 3.05) is 0 Å². The molecule has 0 nitrogen and oxygen atoms in total. The third-order valence-electron chi connectivity index (χ3n) is 17.7. The van der Waals surface area contributed by atoms with Gasteiger partial charge in [0.05, 0.1) is 0 Å². The van der Waals surface area contributed by atoms with Gasteiger partial charge in [0.15, 0.2) is 0 Å². The zero-order chi connectivity index (χ0) is 57.8. The smallest absolute Gasteiger partial charge is 0.0215 e. The molecule has 11 aromatic rings. The Balaban J connectivity index is 0.000000120. The number of hydrogen-bond donors (Lipinski definition) is 0. The van der Waals surface area contributed by atoms with E-state index in [1.807, 2.05) is 18.2 Å². The number of hydrogen-bond acceptors (Lipinski definition) is 0. The molecule has 0 heteroatoms. The highest BCUT2D eigenvalue weighted by Gasteiger charge is 2.46. The molecule has 0 saturated heterocycles. The van der Waals surface area contributed by atoms with E-state index in [1.165, 1.54) is 170 Å². The molecule has 0 bridgehead atoms. The first kappa shape index (κ1) is 58.1. The zero-order valence-electron chi connectivity index (χ0n) is 50.9. The molecule has 4 aliphatic carbocycles. The molecule has 0 atom stereocenters. The lowest BCUT2D eigenvalue weighted by Crippen LogP contribution is -2.20. The van der Waals surface area contributed by atoms with Gasteiger partial charge in [0.1, 0.15) is 0 Å². The van der Waals surface area contributed by atoms with Crippen molar-refractivity contribution < 1.29 is 0 Å². The summed E-state index contributed by atoms with van der Waals surface area (Å²) < 4.78 is 0. The summed E-state index contributed by atoms with van der Waals surface area (Å²) in [6, 6.07) is 88.3. The van der Waals surface area contributed by atoms with E-state index < -0.39 is 0 Å². The van der Waals surface area contributed by atoms with E-state index in [4.69, 9.17) is 0 Å². The van der Waals surface area contributed by atoms with E-state index >= 15 is 0 Å². The minimum atomic E-state index is 0.292. The van der Waals surface area contributed by atoms with Crippen molar-refractivity contribution in [3.05, 3.63) is 298 Å². The van der Waals surface area contributed by atoms with Crippen LogP contribution >= 0.6 is 0 Å². The Kier molecular flexibility index (Phi) is 18.8. The Bertz CT molecular complexity index is 3650. The van der Waals surface area contributed by atoms with Crippen LogP contribution < -0.4 is 0 Å². The van der Waals surface area contributed by atoms with Gasteiger partial charge >= 0.3 is 0 Å². The first-order valence-electron chi connectivity index (χ1n) is 31.1. The minimum absolute atomic E-state index is 0.292. The van der Waals surface area contributed by atoms with E-state index in [1.54, 1.807) is 22.3 Å². The van der Waals surface area contributed by atoms with Crippen LogP contribution in [0.5, 0.6) is 0 Å².